The van der Waals surface area contributed by atoms with Gasteiger partial charge in [-0.2, -0.15) is 13.2 Å². The van der Waals surface area contributed by atoms with E-state index in [4.69, 9.17) is 5.73 Å². The van der Waals surface area contributed by atoms with Crippen molar-refractivity contribution in [2.45, 2.75) is 26.1 Å². The molecule has 0 unspecified atom stereocenters. The first-order chi connectivity index (χ1) is 9.29. The molecule has 1 aromatic carbocycles. The number of pyridine rings is 1. The van der Waals surface area contributed by atoms with Crippen molar-refractivity contribution in [1.82, 2.24) is 4.98 Å². The molecule has 1 aromatic heterocycles. The van der Waals surface area contributed by atoms with E-state index in [9.17, 15) is 13.2 Å². The van der Waals surface area contributed by atoms with Gasteiger partial charge in [0.1, 0.15) is 6.54 Å². The van der Waals surface area contributed by atoms with Gasteiger partial charge in [0, 0.05) is 23.3 Å². The highest BCUT2D eigenvalue weighted by atomic mass is 19.4. The second-order valence-electron chi connectivity index (χ2n) is 4.91. The summed E-state index contributed by atoms with van der Waals surface area (Å²) >= 11 is 0. The van der Waals surface area contributed by atoms with E-state index in [1.165, 1.54) is 4.90 Å². The number of alkyl halides is 3. The fraction of sp³-hybridized carbons (Fsp3) is 0.357. The smallest absolute Gasteiger partial charge is 0.398 e. The molecule has 0 bridgehead atoms. The Morgan fingerprint density at radius 1 is 1.25 bits per heavy atom. The van der Waals surface area contributed by atoms with Gasteiger partial charge < -0.3 is 10.6 Å². The molecule has 0 spiro atoms. The number of hydrogen-bond acceptors (Lipinski definition) is 3. The number of nitrogens with two attached hydrogens (primary N) is 1. The number of nitrogen functional groups attached to an aromatic ring is 1. The van der Waals surface area contributed by atoms with Crippen LogP contribution in [0.5, 0.6) is 0 Å². The largest absolute Gasteiger partial charge is 0.405 e. The second-order valence-corrected chi connectivity index (χ2v) is 4.91. The van der Waals surface area contributed by atoms with Crippen molar-refractivity contribution in [3.63, 3.8) is 0 Å². The van der Waals surface area contributed by atoms with E-state index in [0.29, 0.717) is 22.3 Å². The Bertz CT molecular complexity index is 608. The molecule has 2 rings (SSSR count). The highest BCUT2D eigenvalue weighted by molar-refractivity contribution is 5.98. The van der Waals surface area contributed by atoms with Crippen LogP contribution in [0.1, 0.15) is 13.8 Å². The quantitative estimate of drug-likeness (QED) is 0.875. The van der Waals surface area contributed by atoms with Gasteiger partial charge in [-0.05, 0) is 38.1 Å². The highest BCUT2D eigenvalue weighted by Crippen LogP contribution is 2.32. The van der Waals surface area contributed by atoms with Gasteiger partial charge in [-0.3, -0.25) is 4.98 Å². The Balaban J connectivity index is 2.57. The number of nitrogens with zero attached hydrogens (tertiary/aromatic N) is 2. The molecule has 6 heteroatoms. The monoisotopic (exact) mass is 283 g/mol. The summed E-state index contributed by atoms with van der Waals surface area (Å²) < 4.78 is 38.2. The van der Waals surface area contributed by atoms with Crippen molar-refractivity contribution in [2.24, 2.45) is 0 Å². The number of anilines is 2. The van der Waals surface area contributed by atoms with Crippen LogP contribution in [0, 0.1) is 0 Å². The summed E-state index contributed by atoms with van der Waals surface area (Å²) in [6.07, 6.45) is -2.72. The summed E-state index contributed by atoms with van der Waals surface area (Å²) in [4.78, 5) is 5.47. The molecule has 0 saturated carbocycles. The molecule has 3 nitrogen and oxygen atoms in total. The van der Waals surface area contributed by atoms with Crippen LogP contribution in [0.4, 0.5) is 24.5 Å². The lowest BCUT2D eigenvalue weighted by atomic mass is 10.1. The molecule has 0 saturated heterocycles. The summed E-state index contributed by atoms with van der Waals surface area (Å²) in [6.45, 7) is 2.42. The van der Waals surface area contributed by atoms with Gasteiger partial charge in [-0.15, -0.1) is 0 Å². The van der Waals surface area contributed by atoms with Gasteiger partial charge in [0.05, 0.1) is 11.2 Å². The predicted molar refractivity (Wildman–Crippen MR) is 74.7 cm³/mol. The van der Waals surface area contributed by atoms with E-state index in [1.807, 2.05) is 0 Å². The van der Waals surface area contributed by atoms with Gasteiger partial charge in [-0.25, -0.2) is 0 Å². The van der Waals surface area contributed by atoms with Crippen LogP contribution in [0.15, 0.2) is 30.5 Å². The third-order valence-corrected chi connectivity index (χ3v) is 3.06. The average Bonchev–Trinajstić information content (AvgIpc) is 2.36. The van der Waals surface area contributed by atoms with E-state index in [0.717, 1.165) is 0 Å². The van der Waals surface area contributed by atoms with Crippen molar-refractivity contribution >= 4 is 22.3 Å². The summed E-state index contributed by atoms with van der Waals surface area (Å²) in [5.41, 5.74) is 7.29. The molecule has 0 aliphatic carbocycles. The third-order valence-electron chi connectivity index (χ3n) is 3.06. The van der Waals surface area contributed by atoms with E-state index in [2.05, 4.69) is 4.98 Å². The van der Waals surface area contributed by atoms with E-state index < -0.39 is 12.7 Å². The molecule has 2 N–H and O–H groups in total. The number of rotatable bonds is 3. The van der Waals surface area contributed by atoms with Crippen molar-refractivity contribution in [2.75, 3.05) is 17.2 Å². The van der Waals surface area contributed by atoms with Crippen LogP contribution in [0.3, 0.4) is 0 Å². The van der Waals surface area contributed by atoms with Crippen LogP contribution in [0.25, 0.3) is 10.9 Å². The lowest BCUT2D eigenvalue weighted by Gasteiger charge is -2.30. The number of aromatic nitrogens is 1. The van der Waals surface area contributed by atoms with Gasteiger partial charge in [0.15, 0.2) is 0 Å². The molecule has 0 radical (unpaired) electrons. The number of fused-ring (bicyclic) bond motifs is 1. The van der Waals surface area contributed by atoms with Crippen LogP contribution in [-0.2, 0) is 0 Å². The Morgan fingerprint density at radius 3 is 2.55 bits per heavy atom. The molecular formula is C14H16F3N3. The fourth-order valence-corrected chi connectivity index (χ4v) is 2.15. The van der Waals surface area contributed by atoms with Gasteiger partial charge in [0.25, 0.3) is 0 Å². The summed E-state index contributed by atoms with van der Waals surface area (Å²) in [5, 5.41) is 0.665. The minimum atomic E-state index is -4.27. The summed E-state index contributed by atoms with van der Waals surface area (Å²) in [6, 6.07) is 6.38. The zero-order valence-corrected chi connectivity index (χ0v) is 11.3. The molecule has 108 valence electrons. The molecule has 0 amide bonds. The molecule has 0 aliphatic rings. The maximum absolute atomic E-state index is 12.7. The van der Waals surface area contributed by atoms with Gasteiger partial charge in [-0.1, -0.05) is 0 Å². The zero-order chi connectivity index (χ0) is 14.9. The van der Waals surface area contributed by atoms with Crippen molar-refractivity contribution in [3.05, 3.63) is 30.5 Å². The standard InChI is InChI=1S/C14H16F3N3/c1-9(2)20(8-14(15,16)17)12-6-5-11(18)10-4-3-7-19-13(10)12/h3-7,9H,8,18H2,1-2H3. The van der Waals surface area contributed by atoms with Crippen molar-refractivity contribution in [1.29, 1.82) is 0 Å². The summed E-state index contributed by atoms with van der Waals surface area (Å²) in [5.74, 6) is 0. The van der Waals surface area contributed by atoms with Crippen molar-refractivity contribution < 1.29 is 13.2 Å². The zero-order valence-electron chi connectivity index (χ0n) is 11.3. The normalized spacial score (nSPS) is 12.1. The van der Waals surface area contributed by atoms with E-state index >= 15 is 0 Å². The number of halogens is 3. The van der Waals surface area contributed by atoms with Crippen LogP contribution < -0.4 is 10.6 Å². The molecule has 1 heterocycles. The fourth-order valence-electron chi connectivity index (χ4n) is 2.15. The molecular weight excluding hydrogens is 267 g/mol. The maximum Gasteiger partial charge on any atom is 0.405 e. The van der Waals surface area contributed by atoms with Crippen LogP contribution in [-0.4, -0.2) is 23.7 Å². The van der Waals surface area contributed by atoms with E-state index in [1.54, 1.807) is 44.3 Å². The highest BCUT2D eigenvalue weighted by Gasteiger charge is 2.32. The summed E-state index contributed by atoms with van der Waals surface area (Å²) in [7, 11) is 0. The second kappa shape index (κ2) is 5.19. The number of benzene rings is 1. The Labute approximate surface area is 115 Å². The van der Waals surface area contributed by atoms with Crippen LogP contribution in [0.2, 0.25) is 0 Å². The first kappa shape index (κ1) is 14.4. The predicted octanol–water partition coefficient (Wildman–Crippen LogP) is 3.59. The lowest BCUT2D eigenvalue weighted by molar-refractivity contribution is -0.120. The van der Waals surface area contributed by atoms with E-state index in [-0.39, 0.29) is 6.04 Å². The van der Waals surface area contributed by atoms with Gasteiger partial charge >= 0.3 is 6.18 Å². The number of hydrogen-bond donors (Lipinski definition) is 1. The Kier molecular flexibility index (Phi) is 3.74. The van der Waals surface area contributed by atoms with Crippen LogP contribution >= 0.6 is 0 Å². The maximum atomic E-state index is 12.7. The molecule has 2 aromatic rings. The Morgan fingerprint density at radius 2 is 1.95 bits per heavy atom. The third kappa shape index (κ3) is 2.95. The van der Waals surface area contributed by atoms with Crippen molar-refractivity contribution in [3.8, 4) is 0 Å². The molecule has 0 aliphatic heterocycles. The lowest BCUT2D eigenvalue weighted by Crippen LogP contribution is -2.39. The minimum Gasteiger partial charge on any atom is -0.398 e. The molecule has 20 heavy (non-hydrogen) atoms. The molecule has 0 atom stereocenters. The topological polar surface area (TPSA) is 42.1 Å². The van der Waals surface area contributed by atoms with Gasteiger partial charge in [0.2, 0.25) is 0 Å². The average molecular weight is 283 g/mol. The molecule has 0 fully saturated rings. The Hall–Kier alpha value is -1.98. The SMILES string of the molecule is CC(C)N(CC(F)(F)F)c1ccc(N)c2cccnc12. The first-order valence-corrected chi connectivity index (χ1v) is 6.26. The minimum absolute atomic E-state index is 0.301. The first-order valence-electron chi connectivity index (χ1n) is 6.26.